The van der Waals surface area contributed by atoms with Crippen molar-refractivity contribution in [3.63, 3.8) is 0 Å². The molecule has 0 bridgehead atoms. The predicted octanol–water partition coefficient (Wildman–Crippen LogP) is 3.53. The van der Waals surface area contributed by atoms with Crippen LogP contribution in [0.4, 0.5) is 4.39 Å². The minimum atomic E-state index is -0.308. The van der Waals surface area contributed by atoms with Crippen LogP contribution in [0.2, 0.25) is 0 Å². The molecule has 6 heteroatoms. The van der Waals surface area contributed by atoms with E-state index in [9.17, 15) is 9.18 Å². The number of halogens is 1. The van der Waals surface area contributed by atoms with Crippen LogP contribution in [0, 0.1) is 5.82 Å². The zero-order valence-corrected chi connectivity index (χ0v) is 15.4. The monoisotopic (exact) mass is 373 g/mol. The number of benzene rings is 2. The average molecular weight is 373 g/mol. The first-order valence-electron chi connectivity index (χ1n) is 9.10. The second-order valence-electron chi connectivity index (χ2n) is 6.50. The molecule has 0 radical (unpaired) electrons. The van der Waals surface area contributed by atoms with Gasteiger partial charge in [0, 0.05) is 19.2 Å². The van der Waals surface area contributed by atoms with Gasteiger partial charge in [0.15, 0.2) is 0 Å². The Labute approximate surface area is 158 Å². The molecule has 1 aliphatic rings. The molecule has 0 aliphatic carbocycles. The van der Waals surface area contributed by atoms with Crippen LogP contribution in [-0.2, 0) is 4.74 Å². The Balaban J connectivity index is 1.43. The number of nitrogens with zero attached hydrogens (tertiary/aromatic N) is 1. The van der Waals surface area contributed by atoms with Crippen molar-refractivity contribution in [1.82, 2.24) is 4.90 Å². The Morgan fingerprint density at radius 2 is 1.78 bits per heavy atom. The lowest BCUT2D eigenvalue weighted by atomic mass is 10.2. The molecule has 2 aromatic carbocycles. The van der Waals surface area contributed by atoms with E-state index < -0.39 is 0 Å². The van der Waals surface area contributed by atoms with Crippen molar-refractivity contribution in [1.29, 1.82) is 0 Å². The summed E-state index contributed by atoms with van der Waals surface area (Å²) in [5, 5.41) is 0. The SMILES string of the molecule is CN(CCOc1ccc(F)cc1)C(=O)c1ccc(OC[C@@H]2CCCO2)cc1. The summed E-state index contributed by atoms with van der Waals surface area (Å²) < 4.78 is 29.6. The molecule has 0 N–H and O–H groups in total. The van der Waals surface area contributed by atoms with Crippen molar-refractivity contribution >= 4 is 5.91 Å². The highest BCUT2D eigenvalue weighted by molar-refractivity contribution is 5.94. The average Bonchev–Trinajstić information content (AvgIpc) is 3.21. The molecule has 0 aromatic heterocycles. The topological polar surface area (TPSA) is 48.0 Å². The Kier molecular flexibility index (Phi) is 6.65. The Bertz CT molecular complexity index is 727. The molecule has 1 heterocycles. The van der Waals surface area contributed by atoms with Crippen LogP contribution >= 0.6 is 0 Å². The standard InChI is InChI=1S/C21H24FNO4/c1-23(12-14-26-18-10-6-17(22)7-11-18)21(24)16-4-8-19(9-5-16)27-15-20-3-2-13-25-20/h4-11,20H,2-3,12-15H2,1H3/t20-/m0/s1. The quantitative estimate of drug-likeness (QED) is 0.710. The Morgan fingerprint density at radius 1 is 1.11 bits per heavy atom. The maximum absolute atomic E-state index is 12.9. The van der Waals surface area contributed by atoms with Crippen molar-refractivity contribution in [2.24, 2.45) is 0 Å². The first kappa shape index (κ1) is 19.2. The molecule has 5 nitrogen and oxygen atoms in total. The van der Waals surface area contributed by atoms with E-state index in [1.807, 2.05) is 0 Å². The third-order valence-electron chi connectivity index (χ3n) is 4.42. The summed E-state index contributed by atoms with van der Waals surface area (Å²) in [6.07, 6.45) is 2.28. The van der Waals surface area contributed by atoms with Gasteiger partial charge < -0.3 is 19.1 Å². The number of hydrogen-bond acceptors (Lipinski definition) is 4. The largest absolute Gasteiger partial charge is 0.492 e. The Hall–Kier alpha value is -2.60. The summed E-state index contributed by atoms with van der Waals surface area (Å²) in [7, 11) is 1.72. The first-order chi connectivity index (χ1) is 13.1. The zero-order valence-electron chi connectivity index (χ0n) is 15.4. The van der Waals surface area contributed by atoms with Gasteiger partial charge in [0.2, 0.25) is 0 Å². The highest BCUT2D eigenvalue weighted by atomic mass is 19.1. The zero-order chi connectivity index (χ0) is 19.1. The maximum Gasteiger partial charge on any atom is 0.253 e. The minimum absolute atomic E-state index is 0.0941. The highest BCUT2D eigenvalue weighted by Crippen LogP contribution is 2.17. The molecule has 1 amide bonds. The second-order valence-corrected chi connectivity index (χ2v) is 6.50. The molecule has 0 spiro atoms. The number of carbonyl (C=O) groups is 1. The van der Waals surface area contributed by atoms with Crippen molar-refractivity contribution in [3.8, 4) is 11.5 Å². The van der Waals surface area contributed by atoms with E-state index in [2.05, 4.69) is 0 Å². The summed E-state index contributed by atoms with van der Waals surface area (Å²) >= 11 is 0. The van der Waals surface area contributed by atoms with Gasteiger partial charge in [0.1, 0.15) is 30.5 Å². The van der Waals surface area contributed by atoms with E-state index in [1.165, 1.54) is 12.1 Å². The fourth-order valence-corrected chi connectivity index (χ4v) is 2.81. The number of ether oxygens (including phenoxy) is 3. The molecule has 27 heavy (non-hydrogen) atoms. The normalized spacial score (nSPS) is 16.1. The van der Waals surface area contributed by atoms with Crippen LogP contribution in [0.5, 0.6) is 11.5 Å². The Morgan fingerprint density at radius 3 is 2.44 bits per heavy atom. The van der Waals surface area contributed by atoms with Crippen LogP contribution in [0.3, 0.4) is 0 Å². The number of rotatable bonds is 8. The lowest BCUT2D eigenvalue weighted by Crippen LogP contribution is -2.30. The van der Waals surface area contributed by atoms with Crippen LogP contribution in [-0.4, -0.2) is 50.3 Å². The molecule has 1 fully saturated rings. The molecule has 2 aromatic rings. The second kappa shape index (κ2) is 9.37. The number of hydrogen-bond donors (Lipinski definition) is 0. The fraction of sp³-hybridized carbons (Fsp3) is 0.381. The number of carbonyl (C=O) groups excluding carboxylic acids is 1. The summed E-state index contributed by atoms with van der Waals surface area (Å²) in [5.41, 5.74) is 0.587. The summed E-state index contributed by atoms with van der Waals surface area (Å²) in [4.78, 5) is 14.1. The van der Waals surface area contributed by atoms with Crippen molar-refractivity contribution in [2.75, 3.05) is 33.4 Å². The summed E-state index contributed by atoms with van der Waals surface area (Å²) in [6.45, 7) is 2.09. The van der Waals surface area contributed by atoms with Gasteiger partial charge in [-0.1, -0.05) is 0 Å². The van der Waals surface area contributed by atoms with Crippen LogP contribution < -0.4 is 9.47 Å². The molecule has 1 saturated heterocycles. The third-order valence-corrected chi connectivity index (χ3v) is 4.42. The van der Waals surface area contributed by atoms with E-state index in [0.717, 1.165) is 25.2 Å². The van der Waals surface area contributed by atoms with Gasteiger partial charge in [0.25, 0.3) is 5.91 Å². The molecule has 3 rings (SSSR count). The van der Waals surface area contributed by atoms with E-state index in [4.69, 9.17) is 14.2 Å². The first-order valence-corrected chi connectivity index (χ1v) is 9.10. The smallest absolute Gasteiger partial charge is 0.253 e. The summed E-state index contributed by atoms with van der Waals surface area (Å²) in [6, 6.07) is 12.9. The molecular weight excluding hydrogens is 349 g/mol. The van der Waals surface area contributed by atoms with Gasteiger partial charge >= 0.3 is 0 Å². The lowest BCUT2D eigenvalue weighted by Gasteiger charge is -2.18. The molecule has 144 valence electrons. The minimum Gasteiger partial charge on any atom is -0.492 e. The van der Waals surface area contributed by atoms with Gasteiger partial charge in [-0.05, 0) is 61.4 Å². The fourth-order valence-electron chi connectivity index (χ4n) is 2.81. The van der Waals surface area contributed by atoms with Crippen LogP contribution in [0.25, 0.3) is 0 Å². The van der Waals surface area contributed by atoms with Crippen molar-refractivity contribution < 1.29 is 23.4 Å². The predicted molar refractivity (Wildman–Crippen MR) is 99.8 cm³/mol. The molecule has 1 atom stereocenters. The molecule has 1 aliphatic heterocycles. The van der Waals surface area contributed by atoms with Gasteiger partial charge in [-0.25, -0.2) is 4.39 Å². The van der Waals surface area contributed by atoms with Gasteiger partial charge in [-0.3, -0.25) is 4.79 Å². The van der Waals surface area contributed by atoms with Crippen molar-refractivity contribution in [2.45, 2.75) is 18.9 Å². The number of amides is 1. The summed E-state index contributed by atoms with van der Waals surface area (Å²) in [5.74, 6) is 0.899. The molecule has 0 saturated carbocycles. The van der Waals surface area contributed by atoms with E-state index >= 15 is 0 Å². The number of likely N-dealkylation sites (N-methyl/N-ethyl adjacent to an activating group) is 1. The highest BCUT2D eigenvalue weighted by Gasteiger charge is 2.16. The van der Waals surface area contributed by atoms with Crippen LogP contribution in [0.15, 0.2) is 48.5 Å². The maximum atomic E-state index is 12.9. The van der Waals surface area contributed by atoms with Crippen LogP contribution in [0.1, 0.15) is 23.2 Å². The van der Waals surface area contributed by atoms with E-state index in [0.29, 0.717) is 31.1 Å². The van der Waals surface area contributed by atoms with E-state index in [1.54, 1.807) is 48.3 Å². The van der Waals surface area contributed by atoms with Gasteiger partial charge in [0.05, 0.1) is 12.6 Å². The van der Waals surface area contributed by atoms with E-state index in [-0.39, 0.29) is 17.8 Å². The van der Waals surface area contributed by atoms with Crippen molar-refractivity contribution in [3.05, 3.63) is 59.9 Å². The molecular formula is C21H24FNO4. The third kappa shape index (κ3) is 5.69. The lowest BCUT2D eigenvalue weighted by molar-refractivity contribution is 0.0679. The van der Waals surface area contributed by atoms with Gasteiger partial charge in [-0.15, -0.1) is 0 Å². The molecule has 0 unspecified atom stereocenters. The van der Waals surface area contributed by atoms with Gasteiger partial charge in [-0.2, -0.15) is 0 Å².